The van der Waals surface area contributed by atoms with Crippen LogP contribution in [0.25, 0.3) is 0 Å². The van der Waals surface area contributed by atoms with Crippen molar-refractivity contribution in [1.82, 2.24) is 0 Å². The Morgan fingerprint density at radius 1 is 0.909 bits per heavy atom. The zero-order valence-electron chi connectivity index (χ0n) is 18.0. The molecule has 33 heavy (non-hydrogen) atoms. The Morgan fingerprint density at radius 3 is 1.91 bits per heavy atom. The minimum atomic E-state index is -1.37. The first-order valence-electron chi connectivity index (χ1n) is 9.56. The number of nitrogens with zero attached hydrogens (tertiary/aromatic N) is 1. The summed E-state index contributed by atoms with van der Waals surface area (Å²) in [5.41, 5.74) is -1.61. The number of hydrogen-bond acceptors (Lipinski definition) is 9. The first-order valence-corrected chi connectivity index (χ1v) is 9.56. The molecule has 0 heterocycles. The van der Waals surface area contributed by atoms with Crippen LogP contribution in [0.5, 0.6) is 17.2 Å². The van der Waals surface area contributed by atoms with Crippen molar-refractivity contribution in [2.24, 2.45) is 0 Å². The van der Waals surface area contributed by atoms with Gasteiger partial charge in [0.25, 0.3) is 0 Å². The summed E-state index contributed by atoms with van der Waals surface area (Å²) in [5.74, 6) is -5.84. The van der Waals surface area contributed by atoms with Crippen molar-refractivity contribution in [1.29, 1.82) is 0 Å². The standard InChI is InChI=1S/C15H8O7.C7H15NO3/c16-6-3-8-12(10(18)4-6)14(20)11-7(13(8)19)1-5(15(21)22)2-9(11)17;1-8(2,3)5-6(9)4-7(10)11/h1-4,16-18H,(H,21,22);6,9H,4-5H2,1-3H3. The maximum Gasteiger partial charge on any atom is 0.335 e. The molecule has 0 bridgehead atoms. The third-order valence-electron chi connectivity index (χ3n) is 4.57. The number of aromatic hydroxyl groups is 3. The smallest absolute Gasteiger partial charge is 0.335 e. The lowest BCUT2D eigenvalue weighted by Crippen LogP contribution is -2.43. The molecule has 2 aromatic rings. The number of fused-ring (bicyclic) bond motifs is 2. The van der Waals surface area contributed by atoms with E-state index in [1.54, 1.807) is 0 Å². The Labute approximate surface area is 188 Å². The summed E-state index contributed by atoms with van der Waals surface area (Å²) in [7, 11) is 5.66. The van der Waals surface area contributed by atoms with Crippen LogP contribution in [-0.2, 0) is 4.79 Å². The highest BCUT2D eigenvalue weighted by atomic mass is 16.4. The molecule has 1 unspecified atom stereocenters. The van der Waals surface area contributed by atoms with Gasteiger partial charge >= 0.3 is 5.97 Å². The topological polar surface area (TPSA) is 192 Å². The maximum absolute atomic E-state index is 12.4. The van der Waals surface area contributed by atoms with E-state index in [0.717, 1.165) is 24.3 Å². The second-order valence-electron chi connectivity index (χ2n) is 8.47. The number of hydrogen-bond donors (Lipinski definition) is 5. The molecular formula is C22H23NO10. The van der Waals surface area contributed by atoms with Crippen LogP contribution in [0, 0.1) is 0 Å². The van der Waals surface area contributed by atoms with Crippen LogP contribution in [0.15, 0.2) is 24.3 Å². The Bertz CT molecular complexity index is 1150. The third-order valence-corrected chi connectivity index (χ3v) is 4.57. The molecule has 0 spiro atoms. The first kappa shape index (κ1) is 25.3. The molecule has 0 aliphatic heterocycles. The van der Waals surface area contributed by atoms with Crippen molar-refractivity contribution < 1.29 is 54.3 Å². The monoisotopic (exact) mass is 461 g/mol. The number of aliphatic carboxylic acids is 1. The van der Waals surface area contributed by atoms with Gasteiger partial charge in [-0.15, -0.1) is 0 Å². The van der Waals surface area contributed by atoms with Gasteiger partial charge in [-0.2, -0.15) is 0 Å². The van der Waals surface area contributed by atoms with E-state index in [-0.39, 0.29) is 34.2 Å². The SMILES string of the molecule is C[N+](C)(C)CC(O)CC(=O)[O-].O=C(O)c1cc(O)c2c(c1)C(=O)c1cc(O)cc(O)c1C2=O. The number of benzene rings is 2. The zero-order valence-corrected chi connectivity index (χ0v) is 18.0. The second-order valence-corrected chi connectivity index (χ2v) is 8.47. The fraction of sp³-hybridized carbons (Fsp3) is 0.273. The van der Waals surface area contributed by atoms with Gasteiger partial charge in [-0.1, -0.05) is 0 Å². The van der Waals surface area contributed by atoms with Gasteiger partial charge in [-0.25, -0.2) is 4.79 Å². The average molecular weight is 461 g/mol. The zero-order chi connectivity index (χ0) is 25.2. The molecule has 1 aliphatic carbocycles. The van der Waals surface area contributed by atoms with Gasteiger partial charge in [0.15, 0.2) is 5.78 Å². The van der Waals surface area contributed by atoms with Gasteiger partial charge in [0.05, 0.1) is 37.8 Å². The van der Waals surface area contributed by atoms with Crippen molar-refractivity contribution in [3.63, 3.8) is 0 Å². The molecule has 3 rings (SSSR count). The van der Waals surface area contributed by atoms with Crippen LogP contribution >= 0.6 is 0 Å². The summed E-state index contributed by atoms with van der Waals surface area (Å²) in [5, 5.41) is 57.2. The number of carboxylic acid groups (broad SMARTS) is 2. The van der Waals surface area contributed by atoms with E-state index < -0.39 is 46.9 Å². The van der Waals surface area contributed by atoms with Crippen LogP contribution in [0.2, 0.25) is 0 Å². The molecular weight excluding hydrogens is 438 g/mol. The minimum Gasteiger partial charge on any atom is -0.550 e. The van der Waals surface area contributed by atoms with Crippen molar-refractivity contribution in [2.45, 2.75) is 12.5 Å². The number of aliphatic hydroxyl groups is 1. The number of aliphatic hydroxyl groups excluding tert-OH is 1. The predicted molar refractivity (Wildman–Crippen MR) is 110 cm³/mol. The first-order chi connectivity index (χ1) is 15.1. The summed E-state index contributed by atoms with van der Waals surface area (Å²) in [4.78, 5) is 45.8. The number of aromatic carboxylic acids is 1. The fourth-order valence-corrected chi connectivity index (χ4v) is 3.36. The number of carboxylic acids is 2. The number of carbonyl (C=O) groups excluding carboxylic acids is 3. The number of rotatable bonds is 5. The van der Waals surface area contributed by atoms with Crippen LogP contribution < -0.4 is 5.11 Å². The molecule has 5 N–H and O–H groups in total. The van der Waals surface area contributed by atoms with Gasteiger partial charge in [-0.05, 0) is 18.2 Å². The lowest BCUT2D eigenvalue weighted by atomic mass is 9.82. The van der Waals surface area contributed by atoms with Gasteiger partial charge in [-0.3, -0.25) is 9.59 Å². The highest BCUT2D eigenvalue weighted by Crippen LogP contribution is 2.39. The normalized spacial score (nSPS) is 13.3. The molecule has 0 aromatic heterocycles. The van der Waals surface area contributed by atoms with E-state index in [2.05, 4.69) is 0 Å². The quantitative estimate of drug-likeness (QED) is 0.308. The van der Waals surface area contributed by atoms with E-state index in [4.69, 9.17) is 10.2 Å². The molecule has 176 valence electrons. The molecule has 2 aromatic carbocycles. The second kappa shape index (κ2) is 9.27. The van der Waals surface area contributed by atoms with Crippen LogP contribution in [-0.4, -0.2) is 87.3 Å². The summed E-state index contributed by atoms with van der Waals surface area (Å²) in [6, 6.07) is 3.73. The molecule has 1 aliphatic rings. The Balaban J connectivity index is 0.000000299. The molecule has 11 nitrogen and oxygen atoms in total. The number of likely N-dealkylation sites (N-methyl/N-ethyl adjacent to an activating group) is 1. The highest BCUT2D eigenvalue weighted by molar-refractivity contribution is 6.30. The number of phenols is 3. The maximum atomic E-state index is 12.4. The average Bonchev–Trinajstić information content (AvgIpc) is 2.63. The van der Waals surface area contributed by atoms with E-state index in [9.17, 15) is 39.6 Å². The third kappa shape index (κ3) is 5.84. The number of carbonyl (C=O) groups is 4. The van der Waals surface area contributed by atoms with Crippen LogP contribution in [0.3, 0.4) is 0 Å². The lowest BCUT2D eigenvalue weighted by Gasteiger charge is -2.26. The Hall–Kier alpha value is -3.96. The molecule has 0 radical (unpaired) electrons. The van der Waals surface area contributed by atoms with E-state index in [0.29, 0.717) is 11.0 Å². The van der Waals surface area contributed by atoms with Gasteiger partial charge in [0, 0.05) is 29.6 Å². The van der Waals surface area contributed by atoms with Crippen molar-refractivity contribution in [2.75, 3.05) is 27.7 Å². The summed E-state index contributed by atoms with van der Waals surface area (Å²) < 4.78 is 0.550. The fourth-order valence-electron chi connectivity index (χ4n) is 3.36. The number of phenolic OH excluding ortho intramolecular Hbond substituents is 3. The largest absolute Gasteiger partial charge is 0.550 e. The van der Waals surface area contributed by atoms with Gasteiger partial charge in [0.1, 0.15) is 29.9 Å². The van der Waals surface area contributed by atoms with E-state index in [1.807, 2.05) is 21.1 Å². The Kier molecular flexibility index (Phi) is 7.10. The van der Waals surface area contributed by atoms with Crippen molar-refractivity contribution >= 4 is 23.5 Å². The van der Waals surface area contributed by atoms with Crippen LogP contribution in [0.4, 0.5) is 0 Å². The minimum absolute atomic E-state index is 0.253. The van der Waals surface area contributed by atoms with Gasteiger partial charge < -0.3 is 39.9 Å². The summed E-state index contributed by atoms with van der Waals surface area (Å²) >= 11 is 0. The summed E-state index contributed by atoms with van der Waals surface area (Å²) in [6.45, 7) is 0.425. The molecule has 0 amide bonds. The molecule has 11 heteroatoms. The molecule has 0 saturated carbocycles. The summed E-state index contributed by atoms with van der Waals surface area (Å²) in [6.07, 6.45) is -1.09. The van der Waals surface area contributed by atoms with Crippen molar-refractivity contribution in [3.8, 4) is 17.2 Å². The molecule has 0 saturated heterocycles. The predicted octanol–water partition coefficient (Wildman–Crippen LogP) is -0.529. The molecule has 0 fully saturated rings. The van der Waals surface area contributed by atoms with Crippen molar-refractivity contribution in [3.05, 3.63) is 52.1 Å². The van der Waals surface area contributed by atoms with Crippen LogP contribution in [0.1, 0.15) is 48.6 Å². The molecule has 1 atom stereocenters. The number of quaternary nitrogens is 1. The van der Waals surface area contributed by atoms with Gasteiger partial charge in [0.2, 0.25) is 5.78 Å². The van der Waals surface area contributed by atoms with E-state index in [1.165, 1.54) is 0 Å². The van der Waals surface area contributed by atoms with E-state index >= 15 is 0 Å². The number of ketones is 2. The Morgan fingerprint density at radius 2 is 1.42 bits per heavy atom. The lowest BCUT2D eigenvalue weighted by molar-refractivity contribution is -0.873. The highest BCUT2D eigenvalue weighted by Gasteiger charge is 2.35.